The fourth-order valence-corrected chi connectivity index (χ4v) is 2.07. The average Bonchev–Trinajstić information content (AvgIpc) is 2.43. The minimum absolute atomic E-state index is 0.147. The van der Waals surface area contributed by atoms with Crippen molar-refractivity contribution in [1.82, 2.24) is 5.16 Å². The summed E-state index contributed by atoms with van der Waals surface area (Å²) in [6.45, 7) is 6.32. The molecule has 1 saturated carbocycles. The van der Waals surface area contributed by atoms with E-state index in [-0.39, 0.29) is 17.4 Å². The normalized spacial score (nSPS) is 30.5. The van der Waals surface area contributed by atoms with Gasteiger partial charge in [-0.3, -0.25) is 0 Å². The summed E-state index contributed by atoms with van der Waals surface area (Å²) in [5.74, 6) is 0.831. The van der Waals surface area contributed by atoms with E-state index < -0.39 is 0 Å². The number of aliphatic hydroxyl groups excluding tert-OH is 1. The summed E-state index contributed by atoms with van der Waals surface area (Å²) in [6.07, 6.45) is 0.977. The van der Waals surface area contributed by atoms with Gasteiger partial charge in [0.25, 0.3) is 0 Å². The van der Waals surface area contributed by atoms with Crippen LogP contribution in [0.25, 0.3) is 0 Å². The lowest BCUT2D eigenvalue weighted by atomic mass is 9.94. The fraction of sp³-hybridized carbons (Fsp3) is 0.700. The second-order valence-corrected chi connectivity index (χ2v) is 4.63. The Balaban J connectivity index is 2.35. The van der Waals surface area contributed by atoms with E-state index in [4.69, 9.17) is 4.52 Å². The molecule has 1 heterocycles. The third-order valence-electron chi connectivity index (χ3n) is 3.28. The maximum Gasteiger partial charge on any atom is 0.145 e. The molecule has 3 heteroatoms. The standard InChI is InChI=1S/C10H15NO2/c1-7-4-8(13-11-7)10(6-12)5-9(10,2)3/h4,12H,5-6H2,1-3H3. The Morgan fingerprint density at radius 3 is 2.54 bits per heavy atom. The highest BCUT2D eigenvalue weighted by atomic mass is 16.5. The van der Waals surface area contributed by atoms with Gasteiger partial charge < -0.3 is 9.63 Å². The molecule has 0 spiro atoms. The number of nitrogens with zero attached hydrogens (tertiary/aromatic N) is 1. The zero-order valence-electron chi connectivity index (χ0n) is 8.29. The van der Waals surface area contributed by atoms with Crippen LogP contribution in [-0.4, -0.2) is 16.9 Å². The lowest BCUT2D eigenvalue weighted by Crippen LogP contribution is -2.18. The molecule has 1 aromatic rings. The van der Waals surface area contributed by atoms with Crippen molar-refractivity contribution >= 4 is 0 Å². The van der Waals surface area contributed by atoms with Crippen molar-refractivity contribution in [2.24, 2.45) is 5.41 Å². The van der Waals surface area contributed by atoms with Crippen molar-refractivity contribution in [2.75, 3.05) is 6.61 Å². The van der Waals surface area contributed by atoms with Crippen LogP contribution in [-0.2, 0) is 5.41 Å². The molecule has 0 aromatic carbocycles. The molecule has 1 fully saturated rings. The minimum Gasteiger partial charge on any atom is -0.395 e. The van der Waals surface area contributed by atoms with Gasteiger partial charge in [0.15, 0.2) is 0 Å². The fourth-order valence-electron chi connectivity index (χ4n) is 2.07. The molecule has 1 aliphatic carbocycles. The highest BCUT2D eigenvalue weighted by molar-refractivity contribution is 5.30. The van der Waals surface area contributed by atoms with E-state index >= 15 is 0 Å². The molecule has 13 heavy (non-hydrogen) atoms. The van der Waals surface area contributed by atoms with Crippen LogP contribution >= 0.6 is 0 Å². The molecule has 0 amide bonds. The average molecular weight is 181 g/mol. The lowest BCUT2D eigenvalue weighted by molar-refractivity contribution is 0.201. The van der Waals surface area contributed by atoms with Crippen LogP contribution in [0.1, 0.15) is 31.7 Å². The van der Waals surface area contributed by atoms with Gasteiger partial charge in [0.05, 0.1) is 17.7 Å². The van der Waals surface area contributed by atoms with E-state index in [1.165, 1.54) is 0 Å². The van der Waals surface area contributed by atoms with Crippen molar-refractivity contribution < 1.29 is 9.63 Å². The largest absolute Gasteiger partial charge is 0.395 e. The molecule has 1 aliphatic rings. The van der Waals surface area contributed by atoms with Crippen molar-refractivity contribution in [1.29, 1.82) is 0 Å². The van der Waals surface area contributed by atoms with Gasteiger partial charge >= 0.3 is 0 Å². The third-order valence-corrected chi connectivity index (χ3v) is 3.28. The summed E-state index contributed by atoms with van der Waals surface area (Å²) in [5, 5.41) is 13.2. The second-order valence-electron chi connectivity index (χ2n) is 4.63. The van der Waals surface area contributed by atoms with Crippen LogP contribution in [0.2, 0.25) is 0 Å². The first-order valence-electron chi connectivity index (χ1n) is 4.56. The summed E-state index contributed by atoms with van der Waals surface area (Å²) >= 11 is 0. The Labute approximate surface area is 77.7 Å². The van der Waals surface area contributed by atoms with Crippen molar-refractivity contribution in [2.45, 2.75) is 32.6 Å². The molecule has 1 N–H and O–H groups in total. The number of hydrogen-bond donors (Lipinski definition) is 1. The summed E-state index contributed by atoms with van der Waals surface area (Å²) in [4.78, 5) is 0. The Bertz CT molecular complexity index is 329. The first kappa shape index (κ1) is 8.75. The molecule has 1 aromatic heterocycles. The van der Waals surface area contributed by atoms with Crippen molar-refractivity contribution in [3.8, 4) is 0 Å². The summed E-state index contributed by atoms with van der Waals surface area (Å²) in [6, 6.07) is 1.92. The van der Waals surface area contributed by atoms with Gasteiger partial charge in [-0.05, 0) is 18.8 Å². The Hall–Kier alpha value is -0.830. The van der Waals surface area contributed by atoms with Gasteiger partial charge in [-0.1, -0.05) is 19.0 Å². The highest BCUT2D eigenvalue weighted by Crippen LogP contribution is 2.63. The van der Waals surface area contributed by atoms with E-state index in [1.54, 1.807) is 0 Å². The van der Waals surface area contributed by atoms with E-state index in [2.05, 4.69) is 19.0 Å². The monoisotopic (exact) mass is 181 g/mol. The van der Waals surface area contributed by atoms with E-state index in [0.29, 0.717) is 0 Å². The molecule has 0 radical (unpaired) electrons. The maximum absolute atomic E-state index is 9.37. The molecule has 0 bridgehead atoms. The van der Waals surface area contributed by atoms with Crippen LogP contribution in [0.5, 0.6) is 0 Å². The number of aromatic nitrogens is 1. The lowest BCUT2D eigenvalue weighted by Gasteiger charge is -2.13. The van der Waals surface area contributed by atoms with Crippen LogP contribution in [0.3, 0.4) is 0 Å². The smallest absolute Gasteiger partial charge is 0.145 e. The number of hydrogen-bond acceptors (Lipinski definition) is 3. The number of rotatable bonds is 2. The Morgan fingerprint density at radius 2 is 2.23 bits per heavy atom. The Kier molecular flexibility index (Phi) is 1.58. The van der Waals surface area contributed by atoms with Gasteiger partial charge in [-0.25, -0.2) is 0 Å². The van der Waals surface area contributed by atoms with E-state index in [0.717, 1.165) is 17.9 Å². The van der Waals surface area contributed by atoms with Crippen LogP contribution < -0.4 is 0 Å². The second kappa shape index (κ2) is 2.35. The third kappa shape index (κ3) is 1.03. The van der Waals surface area contributed by atoms with Crippen LogP contribution in [0.15, 0.2) is 10.6 Å². The predicted octanol–water partition coefficient (Wildman–Crippen LogP) is 1.64. The van der Waals surface area contributed by atoms with Gasteiger partial charge in [-0.2, -0.15) is 0 Å². The molecular weight excluding hydrogens is 166 g/mol. The van der Waals surface area contributed by atoms with Crippen LogP contribution in [0.4, 0.5) is 0 Å². The molecule has 72 valence electrons. The van der Waals surface area contributed by atoms with Gasteiger partial charge in [0.2, 0.25) is 0 Å². The van der Waals surface area contributed by atoms with Crippen molar-refractivity contribution in [3.05, 3.63) is 17.5 Å². The highest BCUT2D eigenvalue weighted by Gasteiger charge is 2.64. The van der Waals surface area contributed by atoms with Crippen LogP contribution in [0, 0.1) is 12.3 Å². The van der Waals surface area contributed by atoms with Gasteiger partial charge in [0, 0.05) is 6.07 Å². The minimum atomic E-state index is -0.172. The molecule has 2 rings (SSSR count). The molecule has 1 unspecified atom stereocenters. The Morgan fingerprint density at radius 1 is 1.62 bits per heavy atom. The summed E-state index contributed by atoms with van der Waals surface area (Å²) in [5.41, 5.74) is 0.854. The zero-order chi connectivity index (χ0) is 9.69. The molecule has 0 saturated heterocycles. The molecule has 3 nitrogen and oxygen atoms in total. The van der Waals surface area contributed by atoms with E-state index in [1.807, 2.05) is 13.0 Å². The molecular formula is C10H15NO2. The molecule has 0 aliphatic heterocycles. The topological polar surface area (TPSA) is 46.3 Å². The first-order chi connectivity index (χ1) is 6.02. The quantitative estimate of drug-likeness (QED) is 0.754. The summed E-state index contributed by atoms with van der Waals surface area (Å²) < 4.78 is 5.21. The van der Waals surface area contributed by atoms with Crippen molar-refractivity contribution in [3.63, 3.8) is 0 Å². The number of aryl methyl sites for hydroxylation is 1. The van der Waals surface area contributed by atoms with Gasteiger partial charge in [0.1, 0.15) is 5.76 Å². The number of aliphatic hydroxyl groups is 1. The van der Waals surface area contributed by atoms with E-state index in [9.17, 15) is 5.11 Å². The summed E-state index contributed by atoms with van der Waals surface area (Å²) in [7, 11) is 0. The molecule has 1 atom stereocenters. The zero-order valence-corrected chi connectivity index (χ0v) is 8.29. The maximum atomic E-state index is 9.37. The SMILES string of the molecule is Cc1cc(C2(CO)CC2(C)C)on1. The first-order valence-corrected chi connectivity index (χ1v) is 4.56. The predicted molar refractivity (Wildman–Crippen MR) is 48.4 cm³/mol. The van der Waals surface area contributed by atoms with Gasteiger partial charge in [-0.15, -0.1) is 0 Å².